The highest BCUT2D eigenvalue weighted by Gasteiger charge is 2.36. The first-order valence-electron chi connectivity index (χ1n) is 4.82. The van der Waals surface area contributed by atoms with Crippen LogP contribution >= 0.6 is 0 Å². The molecule has 0 aliphatic carbocycles. The predicted molar refractivity (Wildman–Crippen MR) is 54.4 cm³/mol. The summed E-state index contributed by atoms with van der Waals surface area (Å²) in [6, 6.07) is -0.436. The van der Waals surface area contributed by atoms with E-state index in [1.165, 1.54) is 0 Å². The van der Waals surface area contributed by atoms with Crippen LogP contribution in [-0.4, -0.2) is 38.6 Å². The average molecular weight is 220 g/mol. The maximum Gasteiger partial charge on any atom is 0.153 e. The number of sulfone groups is 1. The summed E-state index contributed by atoms with van der Waals surface area (Å²) in [5, 5.41) is 14.9. The minimum atomic E-state index is -3.00. The van der Waals surface area contributed by atoms with E-state index in [1.54, 1.807) is 0 Å². The van der Waals surface area contributed by atoms with Crippen molar-refractivity contribution in [3.8, 4) is 0 Å². The van der Waals surface area contributed by atoms with Gasteiger partial charge in [0.2, 0.25) is 0 Å². The quantitative estimate of drug-likeness (QED) is 0.687. The average Bonchev–Trinajstić information content (AvgIpc) is 1.99. The van der Waals surface area contributed by atoms with Gasteiger partial charge in [-0.15, -0.1) is 0 Å². The molecule has 1 radical (unpaired) electrons. The van der Waals surface area contributed by atoms with Gasteiger partial charge < -0.3 is 5.32 Å². The maximum absolute atomic E-state index is 11.9. The molecule has 5 heteroatoms. The molecule has 0 aromatic heterocycles. The van der Waals surface area contributed by atoms with Crippen molar-refractivity contribution in [3.63, 3.8) is 0 Å². The Bertz CT molecular complexity index is 292. The Morgan fingerprint density at radius 2 is 1.93 bits per heavy atom. The van der Waals surface area contributed by atoms with Gasteiger partial charge in [0.05, 0.1) is 17.5 Å². The van der Waals surface area contributed by atoms with Crippen molar-refractivity contribution in [2.24, 2.45) is 5.41 Å². The van der Waals surface area contributed by atoms with Crippen LogP contribution in [0.25, 0.3) is 0 Å². The summed E-state index contributed by atoms with van der Waals surface area (Å²) >= 11 is 0. The molecular weight excluding hydrogens is 202 g/mol. The Labute approximate surface area is 85.6 Å². The van der Waals surface area contributed by atoms with E-state index in [4.69, 9.17) is 0 Å². The largest absolute Gasteiger partial charge is 0.309 e. The van der Waals surface area contributed by atoms with E-state index in [2.05, 4.69) is 5.32 Å². The molecule has 4 nitrogen and oxygen atoms in total. The zero-order chi connectivity index (χ0) is 11.0. The van der Waals surface area contributed by atoms with Crippen LogP contribution in [0.1, 0.15) is 20.8 Å². The lowest BCUT2D eigenvalue weighted by Crippen LogP contribution is -2.54. The number of hydrogen-bond acceptors (Lipinski definition) is 3. The Balaban J connectivity index is 2.70. The fourth-order valence-electron chi connectivity index (χ4n) is 1.61. The van der Waals surface area contributed by atoms with Crippen molar-refractivity contribution in [2.75, 3.05) is 18.1 Å². The molecule has 0 amide bonds. The summed E-state index contributed by atoms with van der Waals surface area (Å²) in [5.41, 5.74) is -0.398. The molecule has 0 aromatic carbocycles. The van der Waals surface area contributed by atoms with Gasteiger partial charge in [0.15, 0.2) is 9.84 Å². The topological polar surface area (TPSA) is 66.1 Å². The van der Waals surface area contributed by atoms with Crippen molar-refractivity contribution in [3.05, 3.63) is 0 Å². The summed E-state index contributed by atoms with van der Waals surface area (Å²) in [6.45, 7) is 5.93. The molecule has 1 aliphatic rings. The van der Waals surface area contributed by atoms with Crippen molar-refractivity contribution < 1.29 is 13.5 Å². The molecule has 1 aliphatic heterocycles. The number of hydrogen-bond donors (Lipinski definition) is 1. The molecule has 0 bridgehead atoms. The minimum Gasteiger partial charge on any atom is -0.309 e. The summed E-state index contributed by atoms with van der Waals surface area (Å²) < 4.78 is 22.6. The van der Waals surface area contributed by atoms with Gasteiger partial charge in [-0.25, -0.2) is 13.5 Å². The van der Waals surface area contributed by atoms with Crippen LogP contribution in [0, 0.1) is 5.41 Å². The molecule has 0 saturated carbocycles. The number of nitrogens with one attached hydrogen (secondary N) is 1. The molecule has 83 valence electrons. The second kappa shape index (κ2) is 3.79. The van der Waals surface area contributed by atoms with Crippen LogP contribution in [0.15, 0.2) is 0 Å². The van der Waals surface area contributed by atoms with Gasteiger partial charge in [-0.1, -0.05) is 20.8 Å². The van der Waals surface area contributed by atoms with E-state index in [-0.39, 0.29) is 11.5 Å². The van der Waals surface area contributed by atoms with Crippen molar-refractivity contribution in [1.82, 2.24) is 5.32 Å². The lowest BCUT2D eigenvalue weighted by Gasteiger charge is -2.33. The van der Waals surface area contributed by atoms with Gasteiger partial charge in [0.25, 0.3) is 0 Å². The highest BCUT2D eigenvalue weighted by atomic mass is 32.2. The van der Waals surface area contributed by atoms with Crippen molar-refractivity contribution in [1.29, 1.82) is 0 Å². The summed E-state index contributed by atoms with van der Waals surface area (Å²) in [5.74, 6) is 0.138. The molecule has 14 heavy (non-hydrogen) atoms. The van der Waals surface area contributed by atoms with Crippen LogP contribution in [0.3, 0.4) is 0 Å². The maximum atomic E-state index is 11.9. The SMILES string of the molecule is CC(C)(C)C([O])C1CS(=O)(=O)CCN1. The van der Waals surface area contributed by atoms with Gasteiger partial charge >= 0.3 is 0 Å². The van der Waals surface area contributed by atoms with E-state index in [1.807, 2.05) is 20.8 Å². The predicted octanol–water partition coefficient (Wildman–Crippen LogP) is 0.218. The van der Waals surface area contributed by atoms with Crippen LogP contribution in [0.2, 0.25) is 0 Å². The van der Waals surface area contributed by atoms with Gasteiger partial charge in [-0.3, -0.25) is 0 Å². The second-order valence-corrected chi connectivity index (χ2v) is 7.19. The highest BCUT2D eigenvalue weighted by Crippen LogP contribution is 2.24. The monoisotopic (exact) mass is 220 g/mol. The smallest absolute Gasteiger partial charge is 0.153 e. The summed E-state index contributed by atoms with van der Waals surface area (Å²) in [6.07, 6.45) is -0.877. The van der Waals surface area contributed by atoms with Gasteiger partial charge in [0.1, 0.15) is 6.10 Å². The zero-order valence-corrected chi connectivity index (χ0v) is 9.73. The minimum absolute atomic E-state index is 0.0154. The Hall–Kier alpha value is -0.130. The van der Waals surface area contributed by atoms with E-state index >= 15 is 0 Å². The normalized spacial score (nSPS) is 29.9. The van der Waals surface area contributed by atoms with Crippen LogP contribution in [0.4, 0.5) is 0 Å². The molecular formula is C9H18NO3S. The van der Waals surface area contributed by atoms with E-state index in [0.29, 0.717) is 6.54 Å². The Morgan fingerprint density at radius 1 is 1.36 bits per heavy atom. The van der Waals surface area contributed by atoms with Crippen molar-refractivity contribution in [2.45, 2.75) is 32.9 Å². The molecule has 2 atom stereocenters. The van der Waals surface area contributed by atoms with E-state index in [0.717, 1.165) is 0 Å². The molecule has 1 saturated heterocycles. The third-order valence-corrected chi connectivity index (χ3v) is 4.17. The van der Waals surface area contributed by atoms with Gasteiger partial charge in [-0.05, 0) is 5.41 Å². The van der Waals surface area contributed by atoms with Gasteiger partial charge in [-0.2, -0.15) is 0 Å². The summed E-state index contributed by atoms with van der Waals surface area (Å²) in [4.78, 5) is 0. The lowest BCUT2D eigenvalue weighted by molar-refractivity contribution is -0.0224. The molecule has 1 rings (SSSR count). The first kappa shape index (κ1) is 11.9. The Morgan fingerprint density at radius 3 is 2.36 bits per heavy atom. The molecule has 1 heterocycles. The first-order valence-corrected chi connectivity index (χ1v) is 6.64. The number of rotatable bonds is 1. The fourth-order valence-corrected chi connectivity index (χ4v) is 3.05. The molecule has 1 fully saturated rings. The van der Waals surface area contributed by atoms with Crippen molar-refractivity contribution >= 4 is 9.84 Å². The standard InChI is InChI=1S/C9H18NO3S/c1-9(2,3)8(11)7-6-14(12,13)5-4-10-7/h7-8,10H,4-6H2,1-3H3. The highest BCUT2D eigenvalue weighted by molar-refractivity contribution is 7.91. The molecule has 0 aromatic rings. The third-order valence-electron chi connectivity index (χ3n) is 2.47. The van der Waals surface area contributed by atoms with Crippen LogP contribution in [-0.2, 0) is 14.9 Å². The Kier molecular flexibility index (Phi) is 3.23. The second-order valence-electron chi connectivity index (χ2n) is 4.96. The summed E-state index contributed by atoms with van der Waals surface area (Å²) in [7, 11) is -3.00. The van der Waals surface area contributed by atoms with Crippen LogP contribution < -0.4 is 5.32 Å². The molecule has 0 spiro atoms. The first-order chi connectivity index (χ1) is 6.22. The molecule has 2 unspecified atom stereocenters. The molecule has 1 N–H and O–H groups in total. The lowest BCUT2D eigenvalue weighted by atomic mass is 9.85. The fraction of sp³-hybridized carbons (Fsp3) is 1.00. The van der Waals surface area contributed by atoms with Crippen LogP contribution in [0.5, 0.6) is 0 Å². The van der Waals surface area contributed by atoms with E-state index in [9.17, 15) is 13.5 Å². The third kappa shape index (κ3) is 2.93. The van der Waals surface area contributed by atoms with Gasteiger partial charge in [0, 0.05) is 6.54 Å². The van der Waals surface area contributed by atoms with E-state index < -0.39 is 27.4 Å². The zero-order valence-electron chi connectivity index (χ0n) is 8.91.